The van der Waals surface area contributed by atoms with E-state index in [1.54, 1.807) is 11.1 Å². The fraction of sp³-hybridized carbons (Fsp3) is 0.842. The highest BCUT2D eigenvalue weighted by Gasteiger charge is 2.62. The van der Waals surface area contributed by atoms with E-state index < -0.39 is 28.5 Å². The van der Waals surface area contributed by atoms with Crippen LogP contribution in [0, 0.1) is 28.6 Å². The lowest BCUT2D eigenvalue weighted by Gasteiger charge is -2.61. The summed E-state index contributed by atoms with van der Waals surface area (Å²) in [7, 11) is -4.40. The van der Waals surface area contributed by atoms with Gasteiger partial charge in [0.2, 0.25) is 0 Å². The Morgan fingerprint density at radius 1 is 0.955 bits per heavy atom. The lowest BCUT2D eigenvalue weighted by atomic mass is 9.49. The fourth-order valence-electron chi connectivity index (χ4n) is 8.20. The molecule has 4 aliphatic rings. The molecule has 2 fully saturated rings. The van der Waals surface area contributed by atoms with E-state index in [-0.39, 0.29) is 39.5 Å². The van der Waals surface area contributed by atoms with Crippen molar-refractivity contribution in [2.75, 3.05) is 6.61 Å². The van der Waals surface area contributed by atoms with Crippen molar-refractivity contribution in [2.45, 2.75) is 169 Å². The minimum absolute atomic E-state index is 0.0255. The van der Waals surface area contributed by atoms with E-state index in [0.29, 0.717) is 18.3 Å². The van der Waals surface area contributed by atoms with Crippen LogP contribution in [-0.2, 0) is 13.6 Å². The zero-order valence-electron chi connectivity index (χ0n) is 31.2. The minimum atomic E-state index is -2.24. The molecule has 4 rings (SSSR count). The smallest absolute Gasteiger partial charge is 0.195 e. The summed E-state index contributed by atoms with van der Waals surface area (Å²) in [4.78, 5) is 0. The van der Waals surface area contributed by atoms with Crippen molar-refractivity contribution < 1.29 is 18.7 Å². The van der Waals surface area contributed by atoms with Gasteiger partial charge in [0.1, 0.15) is 0 Å². The van der Waals surface area contributed by atoms with Crippen molar-refractivity contribution in [3.05, 3.63) is 34.9 Å². The summed E-state index contributed by atoms with van der Waals surface area (Å²) in [5, 5.41) is 11.1. The van der Waals surface area contributed by atoms with Gasteiger partial charge in [0.15, 0.2) is 22.4 Å². The van der Waals surface area contributed by atoms with E-state index in [9.17, 15) is 5.11 Å². The van der Waals surface area contributed by atoms with Gasteiger partial charge in [0.25, 0.3) is 0 Å². The summed E-state index contributed by atoms with van der Waals surface area (Å²) in [6.07, 6.45) is 13.2. The summed E-state index contributed by atoms with van der Waals surface area (Å²) in [5.41, 5.74) is 4.91. The Morgan fingerprint density at radius 3 is 2.11 bits per heavy atom. The normalized spacial score (nSPS) is 35.4. The maximum Gasteiger partial charge on any atom is 0.195 e. The number of aliphatic hydroxyl groups excluding tert-OH is 1. The van der Waals surface area contributed by atoms with E-state index >= 15 is 0 Å². The average molecular weight is 645 g/mol. The van der Waals surface area contributed by atoms with Crippen LogP contribution in [0.15, 0.2) is 34.9 Å². The second-order valence-electron chi connectivity index (χ2n) is 18.7. The minimum Gasteiger partial charge on any atom is -0.413 e. The highest BCUT2D eigenvalue weighted by molar-refractivity contribution is 6.74. The van der Waals surface area contributed by atoms with Crippen LogP contribution < -0.4 is 0 Å². The molecule has 7 atom stereocenters. The van der Waals surface area contributed by atoms with Gasteiger partial charge < -0.3 is 18.7 Å². The zero-order valence-corrected chi connectivity index (χ0v) is 33.2. The third-order valence-electron chi connectivity index (χ3n) is 13.5. The third-order valence-corrected chi connectivity index (χ3v) is 22.5. The molecule has 1 N–H and O–H groups in total. The van der Waals surface area contributed by atoms with Crippen LogP contribution >= 0.6 is 0 Å². The quantitative estimate of drug-likeness (QED) is 0.154. The SMILES string of the molecule is CCC1=CC[C@H]2C3=CC=C4C[C@@](OC[C@@H](O)C(C)C)(O[Si](C)(C)C(C)(C)C)C[C@H](O[Si](C)(C)C(C)(C)C)[C@]4(C)[C@H]3CC[C@]12C. The number of ether oxygens (including phenoxy) is 1. The van der Waals surface area contributed by atoms with Crippen LogP contribution in [0.25, 0.3) is 0 Å². The van der Waals surface area contributed by atoms with Crippen LogP contribution in [0.2, 0.25) is 36.3 Å². The molecule has 6 heteroatoms. The molecular formula is C38H68O4Si2. The number of aliphatic hydroxyl groups is 1. The molecule has 44 heavy (non-hydrogen) atoms. The number of allylic oxidation sites excluding steroid dienone is 5. The van der Waals surface area contributed by atoms with Crippen LogP contribution in [0.1, 0.15) is 115 Å². The molecule has 0 amide bonds. The van der Waals surface area contributed by atoms with Crippen molar-refractivity contribution in [2.24, 2.45) is 28.6 Å². The zero-order chi connectivity index (χ0) is 33.3. The molecule has 0 radical (unpaired) electrons. The van der Waals surface area contributed by atoms with Crippen molar-refractivity contribution in [3.63, 3.8) is 0 Å². The predicted molar refractivity (Wildman–Crippen MR) is 191 cm³/mol. The number of fused-ring (bicyclic) bond motifs is 5. The average Bonchev–Trinajstić information content (AvgIpc) is 3.22. The number of hydrogen-bond acceptors (Lipinski definition) is 4. The van der Waals surface area contributed by atoms with Gasteiger partial charge in [-0.25, -0.2) is 0 Å². The molecule has 4 aliphatic carbocycles. The first-order chi connectivity index (χ1) is 19.9. The van der Waals surface area contributed by atoms with Gasteiger partial charge in [-0.15, -0.1) is 0 Å². The molecule has 0 aromatic heterocycles. The molecule has 0 aromatic rings. The number of hydrogen-bond donors (Lipinski definition) is 1. The number of rotatable bonds is 9. The Morgan fingerprint density at radius 2 is 1.57 bits per heavy atom. The fourth-order valence-corrected chi connectivity index (χ4v) is 11.0. The third kappa shape index (κ3) is 6.23. The second-order valence-corrected chi connectivity index (χ2v) is 28.1. The van der Waals surface area contributed by atoms with Gasteiger partial charge >= 0.3 is 0 Å². The van der Waals surface area contributed by atoms with E-state index in [0.717, 1.165) is 12.8 Å². The van der Waals surface area contributed by atoms with Crippen molar-refractivity contribution in [1.82, 2.24) is 0 Å². The Hall–Kier alpha value is -0.506. The molecular weight excluding hydrogens is 577 g/mol. The van der Waals surface area contributed by atoms with Gasteiger partial charge in [-0.05, 0) is 85.1 Å². The summed E-state index contributed by atoms with van der Waals surface area (Å²) in [6, 6.07) is 0. The predicted octanol–water partition coefficient (Wildman–Crippen LogP) is 10.6. The summed E-state index contributed by atoms with van der Waals surface area (Å²) in [5.74, 6) is 0.354. The highest BCUT2D eigenvalue weighted by atomic mass is 28.4. The molecule has 252 valence electrons. The van der Waals surface area contributed by atoms with Gasteiger partial charge in [0, 0.05) is 18.3 Å². The highest BCUT2D eigenvalue weighted by Crippen LogP contribution is 2.66. The summed E-state index contributed by atoms with van der Waals surface area (Å²) < 4.78 is 21.9. The largest absolute Gasteiger partial charge is 0.413 e. The molecule has 0 aromatic carbocycles. The van der Waals surface area contributed by atoms with E-state index in [2.05, 4.69) is 121 Å². The van der Waals surface area contributed by atoms with Crippen LogP contribution in [0.4, 0.5) is 0 Å². The van der Waals surface area contributed by atoms with Gasteiger partial charge in [-0.3, -0.25) is 0 Å². The first-order valence-corrected chi connectivity index (χ1v) is 23.6. The topological polar surface area (TPSA) is 47.9 Å². The van der Waals surface area contributed by atoms with Crippen LogP contribution in [0.5, 0.6) is 0 Å². The molecule has 4 nitrogen and oxygen atoms in total. The van der Waals surface area contributed by atoms with Gasteiger partial charge in [0.05, 0.1) is 18.8 Å². The van der Waals surface area contributed by atoms with Crippen LogP contribution in [0.3, 0.4) is 0 Å². The lowest BCUT2D eigenvalue weighted by molar-refractivity contribution is -0.241. The summed E-state index contributed by atoms with van der Waals surface area (Å²) in [6.45, 7) is 35.2. The van der Waals surface area contributed by atoms with Crippen molar-refractivity contribution >= 4 is 16.6 Å². The van der Waals surface area contributed by atoms with E-state index in [1.807, 2.05) is 0 Å². The lowest BCUT2D eigenvalue weighted by Crippen LogP contribution is -2.63. The van der Waals surface area contributed by atoms with E-state index in [1.165, 1.54) is 24.8 Å². The first kappa shape index (κ1) is 36.3. The molecule has 0 saturated heterocycles. The maximum absolute atomic E-state index is 11.0. The molecule has 0 spiro atoms. The first-order valence-electron chi connectivity index (χ1n) is 17.7. The van der Waals surface area contributed by atoms with Gasteiger partial charge in [-0.1, -0.05) is 111 Å². The van der Waals surface area contributed by atoms with Crippen molar-refractivity contribution in [1.29, 1.82) is 0 Å². The summed E-state index contributed by atoms with van der Waals surface area (Å²) >= 11 is 0. The molecule has 0 heterocycles. The van der Waals surface area contributed by atoms with Crippen molar-refractivity contribution in [3.8, 4) is 0 Å². The Balaban J connectivity index is 1.85. The standard InChI is InChI=1S/C38H68O4Si2/c1-16-27-18-20-30-29-19-17-28-23-38(40-25-32(39)26(2)3,42-44(14,15)35(7,8)9)24-33(41-43(12,13)34(4,5)6)37(28,11)31(29)21-22-36(27,30)10/h17-19,26,30-33,39H,16,20-25H2,1-15H3/t30-,31-,32+,33-,36+,37-,38+/m0/s1. The Bertz CT molecular complexity index is 1170. The molecule has 0 unspecified atom stereocenters. The molecule has 0 aliphatic heterocycles. The Labute approximate surface area is 273 Å². The van der Waals surface area contributed by atoms with Gasteiger partial charge in [-0.2, -0.15) is 0 Å². The second kappa shape index (κ2) is 11.9. The molecule has 0 bridgehead atoms. The van der Waals surface area contributed by atoms with Crippen LogP contribution in [-0.4, -0.2) is 46.3 Å². The van der Waals surface area contributed by atoms with E-state index in [4.69, 9.17) is 13.6 Å². The maximum atomic E-state index is 11.0. The monoisotopic (exact) mass is 644 g/mol. The Kier molecular flexibility index (Phi) is 9.81. The molecule has 2 saturated carbocycles.